The molecule has 0 unspecified atom stereocenters. The van der Waals surface area contributed by atoms with Gasteiger partial charge in [0, 0.05) is 19.0 Å². The molecule has 1 N–H and O–H groups in total. The van der Waals surface area contributed by atoms with Crippen molar-refractivity contribution in [3.63, 3.8) is 0 Å². The van der Waals surface area contributed by atoms with Gasteiger partial charge in [-0.1, -0.05) is 12.1 Å². The standard InChI is InChI=1S/C15H19N3O3/c1-2-20-17-14(19)11-7-9-18(10-8-11)15-16-12-5-3-4-6-13(12)21-15/h3-6,11H,2,7-10H2,1H3,(H,17,19). The SMILES string of the molecule is CCONC(=O)C1CCN(c2nc3ccccc3o2)CC1. The molecule has 3 rings (SSSR count). The van der Waals surface area contributed by atoms with E-state index in [9.17, 15) is 4.79 Å². The van der Waals surface area contributed by atoms with Crippen LogP contribution in [0.25, 0.3) is 11.1 Å². The number of piperidine rings is 1. The van der Waals surface area contributed by atoms with Crippen LogP contribution >= 0.6 is 0 Å². The summed E-state index contributed by atoms with van der Waals surface area (Å²) in [5.41, 5.74) is 4.14. The predicted octanol–water partition coefficient (Wildman–Crippen LogP) is 2.11. The summed E-state index contributed by atoms with van der Waals surface area (Å²) in [7, 11) is 0. The molecular weight excluding hydrogens is 270 g/mol. The van der Waals surface area contributed by atoms with Crippen molar-refractivity contribution < 1.29 is 14.0 Å². The van der Waals surface area contributed by atoms with Gasteiger partial charge < -0.3 is 9.32 Å². The number of rotatable bonds is 4. The Hall–Kier alpha value is -2.08. The van der Waals surface area contributed by atoms with Crippen molar-refractivity contribution >= 4 is 23.0 Å². The monoisotopic (exact) mass is 289 g/mol. The molecule has 2 aromatic rings. The third kappa shape index (κ3) is 3.00. The average molecular weight is 289 g/mol. The Bertz CT molecular complexity index is 584. The molecule has 0 saturated carbocycles. The van der Waals surface area contributed by atoms with Gasteiger partial charge in [-0.15, -0.1) is 0 Å². The van der Waals surface area contributed by atoms with E-state index in [1.54, 1.807) is 0 Å². The Morgan fingerprint density at radius 1 is 1.43 bits per heavy atom. The van der Waals surface area contributed by atoms with Crippen LogP contribution in [0.15, 0.2) is 28.7 Å². The zero-order valence-electron chi connectivity index (χ0n) is 12.0. The number of nitrogens with one attached hydrogen (secondary N) is 1. The van der Waals surface area contributed by atoms with E-state index in [0.717, 1.165) is 37.0 Å². The second-order valence-electron chi connectivity index (χ2n) is 5.12. The predicted molar refractivity (Wildman–Crippen MR) is 78.7 cm³/mol. The van der Waals surface area contributed by atoms with Crippen molar-refractivity contribution in [2.24, 2.45) is 5.92 Å². The number of oxazole rings is 1. The maximum Gasteiger partial charge on any atom is 0.298 e. The second-order valence-corrected chi connectivity index (χ2v) is 5.12. The Kier molecular flexibility index (Phi) is 4.06. The molecule has 2 heterocycles. The molecule has 0 radical (unpaired) electrons. The van der Waals surface area contributed by atoms with Crippen molar-refractivity contribution in [1.29, 1.82) is 0 Å². The van der Waals surface area contributed by atoms with E-state index in [-0.39, 0.29) is 11.8 Å². The number of nitrogens with zero attached hydrogens (tertiary/aromatic N) is 2. The highest BCUT2D eigenvalue weighted by Gasteiger charge is 2.27. The largest absolute Gasteiger partial charge is 0.423 e. The van der Waals surface area contributed by atoms with Gasteiger partial charge >= 0.3 is 0 Å². The second kappa shape index (κ2) is 6.13. The number of carbonyl (C=O) groups is 1. The summed E-state index contributed by atoms with van der Waals surface area (Å²) in [6, 6.07) is 8.36. The molecule has 1 fully saturated rings. The van der Waals surface area contributed by atoms with Crippen molar-refractivity contribution in [2.75, 3.05) is 24.6 Å². The van der Waals surface area contributed by atoms with Crippen LogP contribution in [0.5, 0.6) is 0 Å². The Morgan fingerprint density at radius 2 is 2.19 bits per heavy atom. The zero-order valence-corrected chi connectivity index (χ0v) is 12.0. The van der Waals surface area contributed by atoms with E-state index in [0.29, 0.717) is 12.6 Å². The lowest BCUT2D eigenvalue weighted by Gasteiger charge is -2.29. The Balaban J connectivity index is 1.61. The van der Waals surface area contributed by atoms with E-state index in [2.05, 4.69) is 15.4 Å². The summed E-state index contributed by atoms with van der Waals surface area (Å²) in [5, 5.41) is 0. The summed E-state index contributed by atoms with van der Waals surface area (Å²) in [4.78, 5) is 23.4. The van der Waals surface area contributed by atoms with Gasteiger partial charge in [0.15, 0.2) is 5.58 Å². The fraction of sp³-hybridized carbons (Fsp3) is 0.467. The molecule has 1 aromatic carbocycles. The molecule has 21 heavy (non-hydrogen) atoms. The minimum Gasteiger partial charge on any atom is -0.423 e. The molecule has 0 bridgehead atoms. The smallest absolute Gasteiger partial charge is 0.298 e. The van der Waals surface area contributed by atoms with Crippen LogP contribution in [-0.2, 0) is 9.63 Å². The number of benzene rings is 1. The molecule has 1 saturated heterocycles. The van der Waals surface area contributed by atoms with Crippen LogP contribution in [0.1, 0.15) is 19.8 Å². The van der Waals surface area contributed by atoms with Crippen LogP contribution in [0.2, 0.25) is 0 Å². The summed E-state index contributed by atoms with van der Waals surface area (Å²) in [6.45, 7) is 3.84. The van der Waals surface area contributed by atoms with Crippen molar-refractivity contribution in [3.05, 3.63) is 24.3 Å². The van der Waals surface area contributed by atoms with Crippen LogP contribution in [0, 0.1) is 5.92 Å². The average Bonchev–Trinajstić information content (AvgIpc) is 2.96. The molecule has 1 aromatic heterocycles. The van der Waals surface area contributed by atoms with E-state index >= 15 is 0 Å². The number of aromatic nitrogens is 1. The number of amides is 1. The summed E-state index contributed by atoms with van der Waals surface area (Å²) >= 11 is 0. The molecule has 1 aliphatic heterocycles. The van der Waals surface area contributed by atoms with Crippen molar-refractivity contribution in [2.45, 2.75) is 19.8 Å². The summed E-state index contributed by atoms with van der Waals surface area (Å²) < 4.78 is 5.76. The molecule has 0 aliphatic carbocycles. The molecule has 6 heteroatoms. The Labute approximate surface area is 123 Å². The first-order valence-electron chi connectivity index (χ1n) is 7.30. The highest BCUT2D eigenvalue weighted by molar-refractivity contribution is 5.78. The fourth-order valence-corrected chi connectivity index (χ4v) is 2.55. The molecule has 1 aliphatic rings. The lowest BCUT2D eigenvalue weighted by Crippen LogP contribution is -2.40. The Morgan fingerprint density at radius 3 is 2.90 bits per heavy atom. The third-order valence-electron chi connectivity index (χ3n) is 3.74. The first kappa shape index (κ1) is 13.9. The molecule has 0 atom stereocenters. The topological polar surface area (TPSA) is 67.6 Å². The van der Waals surface area contributed by atoms with Crippen LogP contribution < -0.4 is 10.4 Å². The molecule has 112 valence electrons. The fourth-order valence-electron chi connectivity index (χ4n) is 2.55. The zero-order chi connectivity index (χ0) is 14.7. The third-order valence-corrected chi connectivity index (χ3v) is 3.74. The molecule has 6 nitrogen and oxygen atoms in total. The number of anilines is 1. The van der Waals surface area contributed by atoms with Gasteiger partial charge in [-0.2, -0.15) is 4.98 Å². The van der Waals surface area contributed by atoms with Gasteiger partial charge in [0.2, 0.25) is 5.91 Å². The van der Waals surface area contributed by atoms with Crippen LogP contribution in [-0.4, -0.2) is 30.6 Å². The number of hydrogen-bond acceptors (Lipinski definition) is 5. The number of fused-ring (bicyclic) bond motifs is 1. The lowest BCUT2D eigenvalue weighted by molar-refractivity contribution is -0.138. The van der Waals surface area contributed by atoms with Gasteiger partial charge in [0.25, 0.3) is 6.01 Å². The van der Waals surface area contributed by atoms with E-state index in [1.807, 2.05) is 31.2 Å². The van der Waals surface area contributed by atoms with Gasteiger partial charge in [0.1, 0.15) is 5.52 Å². The van der Waals surface area contributed by atoms with Crippen LogP contribution in [0.3, 0.4) is 0 Å². The number of carbonyl (C=O) groups excluding carboxylic acids is 1. The lowest BCUT2D eigenvalue weighted by atomic mass is 9.96. The van der Waals surface area contributed by atoms with E-state index in [4.69, 9.17) is 9.25 Å². The minimum absolute atomic E-state index is 0.00261. The van der Waals surface area contributed by atoms with Gasteiger partial charge in [-0.25, -0.2) is 5.48 Å². The number of hydrogen-bond donors (Lipinski definition) is 1. The summed E-state index contributed by atoms with van der Waals surface area (Å²) in [6.07, 6.45) is 1.55. The maximum absolute atomic E-state index is 11.8. The molecular formula is C15H19N3O3. The van der Waals surface area contributed by atoms with Gasteiger partial charge in [-0.05, 0) is 31.9 Å². The first-order chi connectivity index (χ1) is 10.3. The van der Waals surface area contributed by atoms with Crippen molar-refractivity contribution in [1.82, 2.24) is 10.5 Å². The van der Waals surface area contributed by atoms with Crippen molar-refractivity contribution in [3.8, 4) is 0 Å². The number of hydroxylamine groups is 1. The highest BCUT2D eigenvalue weighted by atomic mass is 16.6. The van der Waals surface area contributed by atoms with E-state index < -0.39 is 0 Å². The minimum atomic E-state index is -0.0333. The first-order valence-corrected chi connectivity index (χ1v) is 7.30. The normalized spacial score (nSPS) is 16.3. The molecule has 1 amide bonds. The number of para-hydroxylation sites is 2. The van der Waals surface area contributed by atoms with Gasteiger partial charge in [0.05, 0.1) is 6.61 Å². The summed E-state index contributed by atoms with van der Waals surface area (Å²) in [5.74, 6) is -0.0359. The van der Waals surface area contributed by atoms with Crippen LogP contribution in [0.4, 0.5) is 6.01 Å². The van der Waals surface area contributed by atoms with Gasteiger partial charge in [-0.3, -0.25) is 9.63 Å². The maximum atomic E-state index is 11.8. The quantitative estimate of drug-likeness (QED) is 0.873. The highest BCUT2D eigenvalue weighted by Crippen LogP contribution is 2.26. The molecule has 0 spiro atoms. The van der Waals surface area contributed by atoms with E-state index in [1.165, 1.54) is 0 Å².